The van der Waals surface area contributed by atoms with Crippen molar-refractivity contribution in [3.05, 3.63) is 47.8 Å². The second-order valence-corrected chi connectivity index (χ2v) is 10.6. The fourth-order valence-electron chi connectivity index (χ4n) is 6.31. The molecule has 35 heavy (non-hydrogen) atoms. The molecule has 188 valence electrons. The van der Waals surface area contributed by atoms with Crippen LogP contribution in [-0.4, -0.2) is 68.8 Å². The molecular formula is C27H38N6O2. The van der Waals surface area contributed by atoms with Gasteiger partial charge in [0.1, 0.15) is 0 Å². The van der Waals surface area contributed by atoms with E-state index in [4.69, 9.17) is 0 Å². The van der Waals surface area contributed by atoms with Gasteiger partial charge in [-0.15, -0.1) is 5.10 Å². The molecular weight excluding hydrogens is 440 g/mol. The summed E-state index contributed by atoms with van der Waals surface area (Å²) in [5.41, 5.74) is 2.39. The van der Waals surface area contributed by atoms with Crippen molar-refractivity contribution in [2.24, 2.45) is 11.8 Å². The van der Waals surface area contributed by atoms with E-state index in [1.54, 1.807) is 6.20 Å². The highest BCUT2D eigenvalue weighted by Crippen LogP contribution is 2.36. The number of nitrogens with one attached hydrogen (secondary N) is 1. The summed E-state index contributed by atoms with van der Waals surface area (Å²) < 4.78 is 1.91. The number of aromatic nitrogens is 3. The molecule has 1 aromatic heterocycles. The van der Waals surface area contributed by atoms with Crippen LogP contribution in [-0.2, 0) is 29.1 Å². The van der Waals surface area contributed by atoms with E-state index in [2.05, 4.69) is 55.8 Å². The number of carbonyl (C=O) groups is 2. The van der Waals surface area contributed by atoms with Gasteiger partial charge in [-0.2, -0.15) is 0 Å². The van der Waals surface area contributed by atoms with E-state index in [0.717, 1.165) is 70.5 Å². The number of hydrogen-bond donors (Lipinski definition) is 1. The molecule has 8 nitrogen and oxygen atoms in total. The number of likely N-dealkylation sites (tertiary alicyclic amines) is 1. The summed E-state index contributed by atoms with van der Waals surface area (Å²) in [5.74, 6) is 1.40. The van der Waals surface area contributed by atoms with Crippen LogP contribution in [0.3, 0.4) is 0 Å². The first-order valence-electron chi connectivity index (χ1n) is 13.4. The van der Waals surface area contributed by atoms with Crippen LogP contribution in [0.5, 0.6) is 0 Å². The van der Waals surface area contributed by atoms with Gasteiger partial charge in [0.15, 0.2) is 0 Å². The normalized spacial score (nSPS) is 27.1. The zero-order chi connectivity index (χ0) is 24.0. The summed E-state index contributed by atoms with van der Waals surface area (Å²) in [5, 5.41) is 11.3. The van der Waals surface area contributed by atoms with Crippen LogP contribution in [0, 0.1) is 11.8 Å². The Hall–Kier alpha value is -2.74. The number of benzene rings is 1. The molecule has 2 unspecified atom stereocenters. The Morgan fingerprint density at radius 2 is 1.86 bits per heavy atom. The van der Waals surface area contributed by atoms with E-state index in [9.17, 15) is 9.59 Å². The van der Waals surface area contributed by atoms with Crippen molar-refractivity contribution in [2.45, 2.75) is 70.5 Å². The summed E-state index contributed by atoms with van der Waals surface area (Å²) in [7, 11) is 0. The maximum atomic E-state index is 13.4. The Bertz CT molecular complexity index is 993. The quantitative estimate of drug-likeness (QED) is 0.718. The minimum atomic E-state index is 0.0945. The van der Waals surface area contributed by atoms with Gasteiger partial charge in [0.25, 0.3) is 0 Å². The van der Waals surface area contributed by atoms with E-state index in [1.807, 2.05) is 4.68 Å². The van der Waals surface area contributed by atoms with Crippen LogP contribution >= 0.6 is 0 Å². The molecule has 5 rings (SSSR count). The van der Waals surface area contributed by atoms with Gasteiger partial charge in [0.2, 0.25) is 11.8 Å². The van der Waals surface area contributed by atoms with Gasteiger partial charge in [0, 0.05) is 64.6 Å². The number of amides is 2. The molecule has 3 aliphatic rings. The lowest BCUT2D eigenvalue weighted by Crippen LogP contribution is -2.59. The first-order chi connectivity index (χ1) is 17.2. The topological polar surface area (TPSA) is 83.4 Å². The molecule has 3 atom stereocenters. The standard InChI is InChI=1S/C27H38N6O2/c34-26-10-6-9-25-23-15-22(18-31(20-23)17-21-7-2-1-3-8-21)19-32(25)27(35)11-4-5-14-33-24(12-13-28-26)16-29-30-33/h1-3,7-8,16,22-23,25H,4-6,9-15,17-20H2,(H,28,34)/t22?,23-,25?/m0/s1. The molecule has 2 amide bonds. The summed E-state index contributed by atoms with van der Waals surface area (Å²) in [6.07, 6.45) is 8.31. The molecule has 2 fully saturated rings. The van der Waals surface area contributed by atoms with E-state index in [1.165, 1.54) is 12.0 Å². The van der Waals surface area contributed by atoms with Gasteiger partial charge in [-0.25, -0.2) is 4.68 Å². The largest absolute Gasteiger partial charge is 0.356 e. The van der Waals surface area contributed by atoms with E-state index in [-0.39, 0.29) is 17.9 Å². The Morgan fingerprint density at radius 3 is 2.74 bits per heavy atom. The summed E-state index contributed by atoms with van der Waals surface area (Å²) in [6.45, 7) is 5.28. The summed E-state index contributed by atoms with van der Waals surface area (Å²) in [6, 6.07) is 10.9. The van der Waals surface area contributed by atoms with Crippen LogP contribution in [0.15, 0.2) is 36.5 Å². The Kier molecular flexibility index (Phi) is 7.76. The van der Waals surface area contributed by atoms with Gasteiger partial charge in [-0.3, -0.25) is 14.5 Å². The molecule has 0 spiro atoms. The molecule has 1 N–H and O–H groups in total. The second-order valence-electron chi connectivity index (χ2n) is 10.6. The molecule has 0 radical (unpaired) electrons. The SMILES string of the molecule is O=C1CCCC2[C@H]3CC(CN(Cc4ccccc4)C3)CN2C(=O)CCCCn2nncc2CCN1. The lowest BCUT2D eigenvalue weighted by molar-refractivity contribution is -0.141. The van der Waals surface area contributed by atoms with Crippen molar-refractivity contribution in [1.82, 2.24) is 30.1 Å². The highest BCUT2D eigenvalue weighted by Gasteiger charge is 2.42. The van der Waals surface area contributed by atoms with Crippen molar-refractivity contribution in [3.63, 3.8) is 0 Å². The number of carbonyl (C=O) groups excluding carboxylic acids is 2. The van der Waals surface area contributed by atoms with Crippen molar-refractivity contribution in [3.8, 4) is 0 Å². The fourth-order valence-corrected chi connectivity index (χ4v) is 6.31. The Morgan fingerprint density at radius 1 is 0.971 bits per heavy atom. The fraction of sp³-hybridized carbons (Fsp3) is 0.630. The zero-order valence-electron chi connectivity index (χ0n) is 20.6. The van der Waals surface area contributed by atoms with Crippen LogP contribution in [0.4, 0.5) is 0 Å². The molecule has 8 heteroatoms. The van der Waals surface area contributed by atoms with Crippen LogP contribution < -0.4 is 5.32 Å². The maximum absolute atomic E-state index is 13.4. The number of hydrogen-bond acceptors (Lipinski definition) is 5. The third-order valence-corrected chi connectivity index (χ3v) is 7.93. The molecule has 4 heterocycles. The van der Waals surface area contributed by atoms with Crippen molar-refractivity contribution < 1.29 is 9.59 Å². The predicted octanol–water partition coefficient (Wildman–Crippen LogP) is 2.64. The molecule has 0 saturated carbocycles. The lowest BCUT2D eigenvalue weighted by atomic mass is 9.77. The zero-order valence-corrected chi connectivity index (χ0v) is 20.6. The van der Waals surface area contributed by atoms with Gasteiger partial charge in [0.05, 0.1) is 11.9 Å². The van der Waals surface area contributed by atoms with Gasteiger partial charge < -0.3 is 10.2 Å². The predicted molar refractivity (Wildman–Crippen MR) is 133 cm³/mol. The highest BCUT2D eigenvalue weighted by atomic mass is 16.2. The van der Waals surface area contributed by atoms with Crippen molar-refractivity contribution in [2.75, 3.05) is 26.2 Å². The average molecular weight is 479 g/mol. The molecule has 3 aliphatic heterocycles. The van der Waals surface area contributed by atoms with E-state index in [0.29, 0.717) is 31.2 Å². The highest BCUT2D eigenvalue weighted by molar-refractivity contribution is 5.77. The third kappa shape index (κ3) is 6.10. The molecule has 2 saturated heterocycles. The van der Waals surface area contributed by atoms with E-state index >= 15 is 0 Å². The Balaban J connectivity index is 1.27. The van der Waals surface area contributed by atoms with E-state index < -0.39 is 0 Å². The third-order valence-electron chi connectivity index (χ3n) is 7.93. The number of nitrogens with zero attached hydrogens (tertiary/aromatic N) is 5. The molecule has 2 bridgehead atoms. The molecule has 0 aliphatic carbocycles. The van der Waals surface area contributed by atoms with Crippen LogP contribution in [0.2, 0.25) is 0 Å². The lowest BCUT2D eigenvalue weighted by Gasteiger charge is -2.51. The number of piperidine rings is 2. The minimum absolute atomic E-state index is 0.0945. The summed E-state index contributed by atoms with van der Waals surface area (Å²) >= 11 is 0. The summed E-state index contributed by atoms with van der Waals surface area (Å²) in [4.78, 5) is 30.7. The monoisotopic (exact) mass is 478 g/mol. The van der Waals surface area contributed by atoms with Gasteiger partial charge in [-0.1, -0.05) is 35.5 Å². The smallest absolute Gasteiger partial charge is 0.222 e. The second kappa shape index (κ2) is 11.3. The maximum Gasteiger partial charge on any atom is 0.222 e. The van der Waals surface area contributed by atoms with Crippen molar-refractivity contribution >= 4 is 11.8 Å². The number of fused-ring (bicyclic) bond motifs is 5. The van der Waals surface area contributed by atoms with Gasteiger partial charge in [-0.05, 0) is 49.5 Å². The number of rotatable bonds is 2. The van der Waals surface area contributed by atoms with Crippen LogP contribution in [0.1, 0.15) is 56.2 Å². The molecule has 1 aromatic carbocycles. The van der Waals surface area contributed by atoms with Crippen molar-refractivity contribution in [1.29, 1.82) is 0 Å². The Labute approximate surface area is 208 Å². The first-order valence-corrected chi connectivity index (χ1v) is 13.4. The minimum Gasteiger partial charge on any atom is -0.356 e. The first kappa shape index (κ1) is 24.0. The van der Waals surface area contributed by atoms with Gasteiger partial charge >= 0.3 is 0 Å². The van der Waals surface area contributed by atoms with Crippen LogP contribution in [0.25, 0.3) is 0 Å². The average Bonchev–Trinajstić information content (AvgIpc) is 3.30. The molecule has 2 aromatic rings. The number of aryl methyl sites for hydroxylation is 1.